The number of hydrogen-bond acceptors (Lipinski definition) is 2. The molecule has 2 heteroatoms. The van der Waals surface area contributed by atoms with Crippen molar-refractivity contribution >= 4 is 11.5 Å². The van der Waals surface area contributed by atoms with E-state index in [1.54, 1.807) is 0 Å². The molecular weight excluding hydrogens is 234 g/mol. The van der Waals surface area contributed by atoms with Gasteiger partial charge in [0.05, 0.1) is 0 Å². The zero-order valence-corrected chi connectivity index (χ0v) is 11.9. The average molecular weight is 255 g/mol. The second-order valence-electron chi connectivity index (χ2n) is 6.58. The summed E-state index contributed by atoms with van der Waals surface area (Å²) in [7, 11) is 0. The summed E-state index contributed by atoms with van der Waals surface area (Å²) in [5.41, 5.74) is 1.95. The van der Waals surface area contributed by atoms with Gasteiger partial charge in [-0.15, -0.1) is 0 Å². The van der Waals surface area contributed by atoms with Crippen molar-refractivity contribution in [3.05, 3.63) is 42.1 Å². The average Bonchev–Trinajstić information content (AvgIpc) is 2.70. The summed E-state index contributed by atoms with van der Waals surface area (Å²) in [4.78, 5) is 12.6. The summed E-state index contributed by atoms with van der Waals surface area (Å²) in [6.07, 6.45) is 4.11. The highest BCUT2D eigenvalue weighted by Gasteiger charge is 2.63. The molecule has 0 amide bonds. The van der Waals surface area contributed by atoms with Crippen molar-refractivity contribution in [1.29, 1.82) is 0 Å². The number of Topliss-reactive ketones (excluding diaryl/α,β-unsaturated/α-hetero) is 1. The van der Waals surface area contributed by atoms with Gasteiger partial charge < -0.3 is 5.32 Å². The number of hydrogen-bond donors (Lipinski definition) is 1. The molecule has 2 bridgehead atoms. The molecular formula is C17H21NO. The number of rotatable bonds is 2. The van der Waals surface area contributed by atoms with Crippen molar-refractivity contribution in [2.24, 2.45) is 16.7 Å². The lowest BCUT2D eigenvalue weighted by atomic mass is 9.70. The summed E-state index contributed by atoms with van der Waals surface area (Å²) in [5.74, 6) is 0.749. The SMILES string of the molecule is CC1(C)[C@H]2CC[C@@]1(C)C(=O)/C2=C\Nc1ccccc1. The Balaban J connectivity index is 1.89. The maximum absolute atomic E-state index is 12.6. The van der Waals surface area contributed by atoms with Crippen molar-refractivity contribution in [2.45, 2.75) is 33.6 Å². The van der Waals surface area contributed by atoms with E-state index in [1.165, 1.54) is 0 Å². The molecule has 0 aromatic heterocycles. The molecule has 100 valence electrons. The van der Waals surface area contributed by atoms with Crippen LogP contribution in [0.5, 0.6) is 0 Å². The highest BCUT2D eigenvalue weighted by atomic mass is 16.1. The van der Waals surface area contributed by atoms with Gasteiger partial charge in [-0.05, 0) is 36.3 Å². The fourth-order valence-corrected chi connectivity index (χ4v) is 3.79. The van der Waals surface area contributed by atoms with Crippen molar-refractivity contribution in [2.75, 3.05) is 5.32 Å². The number of nitrogens with one attached hydrogen (secondary N) is 1. The molecule has 2 aliphatic carbocycles. The Morgan fingerprint density at radius 3 is 2.47 bits per heavy atom. The van der Waals surface area contributed by atoms with E-state index in [9.17, 15) is 4.79 Å². The van der Waals surface area contributed by atoms with Gasteiger partial charge >= 0.3 is 0 Å². The maximum Gasteiger partial charge on any atom is 0.167 e. The van der Waals surface area contributed by atoms with E-state index in [0.29, 0.717) is 11.7 Å². The number of para-hydroxylation sites is 1. The molecule has 0 aliphatic heterocycles. The third kappa shape index (κ3) is 1.59. The molecule has 2 atom stereocenters. The molecule has 0 heterocycles. The van der Waals surface area contributed by atoms with Crippen LogP contribution in [0.2, 0.25) is 0 Å². The van der Waals surface area contributed by atoms with E-state index in [0.717, 1.165) is 24.1 Å². The molecule has 0 unspecified atom stereocenters. The van der Waals surface area contributed by atoms with Crippen molar-refractivity contribution in [3.8, 4) is 0 Å². The van der Waals surface area contributed by atoms with Crippen LogP contribution >= 0.6 is 0 Å². The predicted octanol–water partition coefficient (Wildman–Crippen LogP) is 4.01. The van der Waals surface area contributed by atoms with Gasteiger partial charge in [0.15, 0.2) is 5.78 Å². The fraction of sp³-hybridized carbons (Fsp3) is 0.471. The molecule has 2 aliphatic rings. The Labute approximate surface area is 114 Å². The Morgan fingerprint density at radius 2 is 1.89 bits per heavy atom. The van der Waals surface area contributed by atoms with Crippen LogP contribution in [0.15, 0.2) is 42.1 Å². The molecule has 2 nitrogen and oxygen atoms in total. The quantitative estimate of drug-likeness (QED) is 0.809. The summed E-state index contributed by atoms with van der Waals surface area (Å²) >= 11 is 0. The van der Waals surface area contributed by atoms with Crippen LogP contribution in [-0.2, 0) is 4.79 Å². The number of benzene rings is 1. The lowest BCUT2D eigenvalue weighted by Crippen LogP contribution is -2.32. The Morgan fingerprint density at radius 1 is 1.21 bits per heavy atom. The van der Waals surface area contributed by atoms with Crippen LogP contribution in [0, 0.1) is 16.7 Å². The molecule has 1 aromatic rings. The van der Waals surface area contributed by atoms with Crippen LogP contribution in [0.1, 0.15) is 33.6 Å². The van der Waals surface area contributed by atoms with Gasteiger partial charge in [0, 0.05) is 22.9 Å². The topological polar surface area (TPSA) is 29.1 Å². The van der Waals surface area contributed by atoms with E-state index in [-0.39, 0.29) is 10.8 Å². The van der Waals surface area contributed by atoms with Gasteiger partial charge in [0.25, 0.3) is 0 Å². The molecule has 19 heavy (non-hydrogen) atoms. The molecule has 1 N–H and O–H groups in total. The maximum atomic E-state index is 12.6. The molecule has 2 fully saturated rings. The molecule has 2 saturated carbocycles. The monoisotopic (exact) mass is 255 g/mol. The molecule has 0 radical (unpaired) electrons. The second-order valence-corrected chi connectivity index (χ2v) is 6.58. The zero-order valence-electron chi connectivity index (χ0n) is 11.9. The van der Waals surface area contributed by atoms with Gasteiger partial charge in [0.2, 0.25) is 0 Å². The lowest BCUT2D eigenvalue weighted by Gasteiger charge is -2.31. The van der Waals surface area contributed by atoms with Crippen molar-refractivity contribution < 1.29 is 4.79 Å². The Kier molecular flexibility index (Phi) is 2.60. The third-order valence-electron chi connectivity index (χ3n) is 5.53. The van der Waals surface area contributed by atoms with E-state index < -0.39 is 0 Å². The first kappa shape index (κ1) is 12.5. The largest absolute Gasteiger partial charge is 0.361 e. The van der Waals surface area contributed by atoms with Gasteiger partial charge in [-0.3, -0.25) is 4.79 Å². The van der Waals surface area contributed by atoms with Crippen molar-refractivity contribution in [1.82, 2.24) is 0 Å². The zero-order chi connectivity index (χ0) is 13.7. The van der Waals surface area contributed by atoms with Gasteiger partial charge in [-0.1, -0.05) is 39.0 Å². The molecule has 3 rings (SSSR count). The third-order valence-corrected chi connectivity index (χ3v) is 5.53. The van der Waals surface area contributed by atoms with Crippen LogP contribution in [0.3, 0.4) is 0 Å². The van der Waals surface area contributed by atoms with E-state index in [1.807, 2.05) is 36.5 Å². The van der Waals surface area contributed by atoms with Crippen LogP contribution in [0.25, 0.3) is 0 Å². The predicted molar refractivity (Wildman–Crippen MR) is 77.8 cm³/mol. The first-order valence-corrected chi connectivity index (χ1v) is 7.03. The molecule has 0 spiro atoms. The highest BCUT2D eigenvalue weighted by molar-refractivity contribution is 6.04. The number of ketones is 1. The summed E-state index contributed by atoms with van der Waals surface area (Å²) in [5, 5.41) is 3.27. The normalized spacial score (nSPS) is 33.9. The minimum Gasteiger partial charge on any atom is -0.361 e. The van der Waals surface area contributed by atoms with Crippen molar-refractivity contribution in [3.63, 3.8) is 0 Å². The Hall–Kier alpha value is -1.57. The van der Waals surface area contributed by atoms with E-state index in [2.05, 4.69) is 26.1 Å². The fourth-order valence-electron chi connectivity index (χ4n) is 3.79. The van der Waals surface area contributed by atoms with Gasteiger partial charge in [-0.2, -0.15) is 0 Å². The van der Waals surface area contributed by atoms with Crippen LogP contribution in [0.4, 0.5) is 5.69 Å². The van der Waals surface area contributed by atoms with E-state index in [4.69, 9.17) is 0 Å². The number of fused-ring (bicyclic) bond motifs is 2. The summed E-state index contributed by atoms with van der Waals surface area (Å²) in [6, 6.07) is 10.0. The second kappa shape index (κ2) is 3.96. The first-order valence-electron chi connectivity index (χ1n) is 7.03. The number of carbonyl (C=O) groups is 1. The first-order chi connectivity index (χ1) is 8.97. The van der Waals surface area contributed by atoms with Gasteiger partial charge in [-0.25, -0.2) is 0 Å². The van der Waals surface area contributed by atoms with Gasteiger partial charge in [0.1, 0.15) is 0 Å². The Bertz CT molecular complexity index is 544. The molecule has 0 saturated heterocycles. The van der Waals surface area contributed by atoms with E-state index >= 15 is 0 Å². The number of allylic oxidation sites excluding steroid dienone is 1. The number of carbonyl (C=O) groups excluding carboxylic acids is 1. The minimum atomic E-state index is -0.165. The summed E-state index contributed by atoms with van der Waals surface area (Å²) < 4.78 is 0. The molecule has 1 aromatic carbocycles. The smallest absolute Gasteiger partial charge is 0.167 e. The lowest BCUT2D eigenvalue weighted by molar-refractivity contribution is -0.125. The van der Waals surface area contributed by atoms with Crippen LogP contribution < -0.4 is 5.32 Å². The standard InChI is InChI=1S/C17H21NO/c1-16(2)14-9-10-17(16,3)15(19)13(14)11-18-12-7-5-4-6-8-12/h4-8,11,14,18H,9-10H2,1-3H3/b13-11-/t14-,17-/m0/s1. The number of anilines is 1. The van der Waals surface area contributed by atoms with Crippen LogP contribution in [-0.4, -0.2) is 5.78 Å². The highest BCUT2D eigenvalue weighted by Crippen LogP contribution is 2.65. The minimum absolute atomic E-state index is 0.0916. The summed E-state index contributed by atoms with van der Waals surface area (Å²) in [6.45, 7) is 6.62.